The molecule has 0 bridgehead atoms. The van der Waals surface area contributed by atoms with Crippen LogP contribution in [0.4, 0.5) is 4.39 Å². The number of benzene rings is 1. The lowest BCUT2D eigenvalue weighted by atomic mass is 10.0. The van der Waals surface area contributed by atoms with Crippen LogP contribution in [-0.4, -0.2) is 37.5 Å². The molecule has 0 saturated carbocycles. The molecule has 0 spiro atoms. The summed E-state index contributed by atoms with van der Waals surface area (Å²) in [6, 6.07) is 5.48. The highest BCUT2D eigenvalue weighted by atomic mass is 32.2. The van der Waals surface area contributed by atoms with Gasteiger partial charge in [0.2, 0.25) is 15.9 Å². The van der Waals surface area contributed by atoms with Crippen molar-refractivity contribution in [2.45, 2.75) is 31.8 Å². The van der Waals surface area contributed by atoms with E-state index < -0.39 is 16.1 Å². The number of piperidine rings is 1. The summed E-state index contributed by atoms with van der Waals surface area (Å²) >= 11 is 0. The van der Waals surface area contributed by atoms with Crippen LogP contribution in [0.3, 0.4) is 0 Å². The van der Waals surface area contributed by atoms with Crippen molar-refractivity contribution < 1.29 is 17.6 Å². The van der Waals surface area contributed by atoms with Crippen LogP contribution in [0.5, 0.6) is 0 Å². The van der Waals surface area contributed by atoms with Gasteiger partial charge in [-0.25, -0.2) is 12.8 Å². The molecule has 21 heavy (non-hydrogen) atoms. The first-order valence-corrected chi connectivity index (χ1v) is 8.72. The summed E-state index contributed by atoms with van der Waals surface area (Å²) in [5.74, 6) is -0.759. The molecular formula is C14H19FN2O3S. The molecule has 1 amide bonds. The molecule has 1 fully saturated rings. The Labute approximate surface area is 124 Å². The molecule has 0 aromatic heterocycles. The summed E-state index contributed by atoms with van der Waals surface area (Å²) in [6.07, 6.45) is 3.17. The minimum absolute atomic E-state index is 0.0552. The van der Waals surface area contributed by atoms with Gasteiger partial charge in [0, 0.05) is 18.7 Å². The van der Waals surface area contributed by atoms with Crippen molar-refractivity contribution >= 4 is 15.9 Å². The lowest BCUT2D eigenvalue weighted by Crippen LogP contribution is -2.51. The molecule has 116 valence electrons. The summed E-state index contributed by atoms with van der Waals surface area (Å²) < 4.78 is 38.2. The molecule has 1 aromatic carbocycles. The molecule has 1 saturated heterocycles. The van der Waals surface area contributed by atoms with Crippen molar-refractivity contribution in [2.24, 2.45) is 0 Å². The van der Waals surface area contributed by atoms with Crippen molar-refractivity contribution in [3.8, 4) is 0 Å². The second-order valence-corrected chi connectivity index (χ2v) is 7.13. The van der Waals surface area contributed by atoms with Crippen molar-refractivity contribution in [3.05, 3.63) is 35.6 Å². The van der Waals surface area contributed by atoms with Crippen molar-refractivity contribution in [2.75, 3.05) is 12.8 Å². The minimum atomic E-state index is -3.41. The number of nitrogens with zero attached hydrogens (tertiary/aromatic N) is 1. The molecule has 1 unspecified atom stereocenters. The highest BCUT2D eigenvalue weighted by Crippen LogP contribution is 2.20. The lowest BCUT2D eigenvalue weighted by molar-refractivity contribution is -0.125. The number of hydrogen-bond acceptors (Lipinski definition) is 3. The Balaban J connectivity index is 2.03. The monoisotopic (exact) mass is 314 g/mol. The van der Waals surface area contributed by atoms with Gasteiger partial charge < -0.3 is 5.32 Å². The van der Waals surface area contributed by atoms with E-state index in [9.17, 15) is 17.6 Å². The zero-order valence-corrected chi connectivity index (χ0v) is 12.7. The molecule has 1 atom stereocenters. The minimum Gasteiger partial charge on any atom is -0.351 e. The third-order valence-corrected chi connectivity index (χ3v) is 4.88. The molecule has 1 aliphatic heterocycles. The van der Waals surface area contributed by atoms with Gasteiger partial charge in [0.15, 0.2) is 0 Å². The number of halogens is 1. The standard InChI is InChI=1S/C14H19FN2O3S/c1-21(19,20)17-9-5-4-8-13(17)14(18)16-10-11-6-2-3-7-12(11)15/h2-3,6-7,13H,4-5,8-10H2,1H3,(H,16,18). The summed E-state index contributed by atoms with van der Waals surface area (Å²) in [5.41, 5.74) is 0.382. The van der Waals surface area contributed by atoms with Gasteiger partial charge in [0.25, 0.3) is 0 Å². The van der Waals surface area contributed by atoms with Crippen molar-refractivity contribution in [3.63, 3.8) is 0 Å². The van der Waals surface area contributed by atoms with Gasteiger partial charge in [0.1, 0.15) is 11.9 Å². The molecule has 1 aliphatic rings. The Bertz CT molecular complexity index is 618. The van der Waals surface area contributed by atoms with Crippen molar-refractivity contribution in [1.82, 2.24) is 9.62 Å². The molecule has 1 heterocycles. The van der Waals surface area contributed by atoms with Gasteiger partial charge in [-0.05, 0) is 18.9 Å². The number of carbonyl (C=O) groups excluding carboxylic acids is 1. The lowest BCUT2D eigenvalue weighted by Gasteiger charge is -2.32. The van der Waals surface area contributed by atoms with E-state index in [-0.39, 0.29) is 18.3 Å². The second kappa shape index (κ2) is 6.53. The Morgan fingerprint density at radius 2 is 2.10 bits per heavy atom. The maximum Gasteiger partial charge on any atom is 0.238 e. The normalized spacial score (nSPS) is 20.2. The fourth-order valence-corrected chi connectivity index (χ4v) is 3.63. The predicted octanol–water partition coefficient (Wildman–Crippen LogP) is 1.26. The number of sulfonamides is 1. The molecular weight excluding hydrogens is 295 g/mol. The number of nitrogens with one attached hydrogen (secondary N) is 1. The van der Waals surface area contributed by atoms with Gasteiger partial charge in [-0.1, -0.05) is 24.6 Å². The van der Waals surface area contributed by atoms with E-state index in [1.807, 2.05) is 0 Å². The summed E-state index contributed by atoms with van der Waals surface area (Å²) in [4.78, 5) is 12.2. The second-order valence-electron chi connectivity index (χ2n) is 5.19. The van der Waals surface area contributed by atoms with Crippen LogP contribution in [0.25, 0.3) is 0 Å². The third-order valence-electron chi connectivity index (χ3n) is 3.59. The molecule has 7 heteroatoms. The van der Waals surface area contributed by atoms with Gasteiger partial charge in [-0.3, -0.25) is 4.79 Å². The number of carbonyl (C=O) groups is 1. The van der Waals surface area contributed by atoms with E-state index in [4.69, 9.17) is 0 Å². The Morgan fingerprint density at radius 1 is 1.38 bits per heavy atom. The molecule has 5 nitrogen and oxygen atoms in total. The maximum absolute atomic E-state index is 13.5. The summed E-state index contributed by atoms with van der Waals surface area (Å²) in [6.45, 7) is 0.413. The van der Waals surface area contributed by atoms with Crippen LogP contribution in [0.1, 0.15) is 24.8 Å². The fraction of sp³-hybridized carbons (Fsp3) is 0.500. The Kier molecular flexibility index (Phi) is 4.95. The third kappa shape index (κ3) is 4.01. The van der Waals surface area contributed by atoms with Crippen LogP contribution in [0.2, 0.25) is 0 Å². The first kappa shape index (κ1) is 15.9. The van der Waals surface area contributed by atoms with Crippen LogP contribution in [0, 0.1) is 5.82 Å². The summed E-state index contributed by atoms with van der Waals surface area (Å²) in [5, 5.41) is 2.63. The van der Waals surface area contributed by atoms with E-state index in [2.05, 4.69) is 5.32 Å². The van der Waals surface area contributed by atoms with Crippen LogP contribution in [-0.2, 0) is 21.4 Å². The van der Waals surface area contributed by atoms with Crippen molar-refractivity contribution in [1.29, 1.82) is 0 Å². The quantitative estimate of drug-likeness (QED) is 0.910. The van der Waals surface area contributed by atoms with Gasteiger partial charge in [0.05, 0.1) is 6.26 Å². The zero-order chi connectivity index (χ0) is 15.5. The zero-order valence-electron chi connectivity index (χ0n) is 11.9. The fourth-order valence-electron chi connectivity index (χ4n) is 2.51. The van der Waals surface area contributed by atoms with Gasteiger partial charge in [-0.2, -0.15) is 4.31 Å². The van der Waals surface area contributed by atoms with E-state index in [1.54, 1.807) is 18.2 Å². The summed E-state index contributed by atoms with van der Waals surface area (Å²) in [7, 11) is -3.41. The van der Waals surface area contributed by atoms with Crippen LogP contribution in [0.15, 0.2) is 24.3 Å². The number of rotatable bonds is 4. The van der Waals surface area contributed by atoms with Gasteiger partial charge in [-0.15, -0.1) is 0 Å². The number of amides is 1. The molecule has 0 radical (unpaired) electrons. The van der Waals surface area contributed by atoms with Crippen LogP contribution >= 0.6 is 0 Å². The van der Waals surface area contributed by atoms with Gasteiger partial charge >= 0.3 is 0 Å². The topological polar surface area (TPSA) is 66.5 Å². The number of hydrogen-bond donors (Lipinski definition) is 1. The highest BCUT2D eigenvalue weighted by Gasteiger charge is 2.34. The van der Waals surface area contributed by atoms with E-state index in [0.29, 0.717) is 18.5 Å². The van der Waals surface area contributed by atoms with E-state index >= 15 is 0 Å². The average molecular weight is 314 g/mol. The molecule has 1 aromatic rings. The highest BCUT2D eigenvalue weighted by molar-refractivity contribution is 7.88. The smallest absolute Gasteiger partial charge is 0.238 e. The Hall–Kier alpha value is -1.47. The molecule has 0 aliphatic carbocycles. The maximum atomic E-state index is 13.5. The first-order valence-electron chi connectivity index (χ1n) is 6.87. The molecule has 1 N–H and O–H groups in total. The van der Waals surface area contributed by atoms with E-state index in [0.717, 1.165) is 19.1 Å². The largest absolute Gasteiger partial charge is 0.351 e. The first-order chi connectivity index (χ1) is 9.89. The molecule has 2 rings (SSSR count). The SMILES string of the molecule is CS(=O)(=O)N1CCCCC1C(=O)NCc1ccccc1F. The predicted molar refractivity (Wildman–Crippen MR) is 77.4 cm³/mol. The average Bonchev–Trinajstić information content (AvgIpc) is 2.45. The van der Waals surface area contributed by atoms with E-state index in [1.165, 1.54) is 10.4 Å². The van der Waals surface area contributed by atoms with Crippen LogP contribution < -0.4 is 5.32 Å². The Morgan fingerprint density at radius 3 is 2.76 bits per heavy atom.